The highest BCUT2D eigenvalue weighted by Gasteiger charge is 2.03. The Labute approximate surface area is 95.7 Å². The maximum absolute atomic E-state index is 9.57. The van der Waals surface area contributed by atoms with Gasteiger partial charge in [-0.2, -0.15) is 0 Å². The average Bonchev–Trinajstić information content (AvgIpc) is 2.27. The Balaban J connectivity index is 2.20. The Hall–Kier alpha value is -1.68. The molecule has 0 saturated carbocycles. The Bertz CT molecular complexity index is 321. The predicted octanol–water partition coefficient (Wildman–Crippen LogP) is 0.836. The highest BCUT2D eigenvalue weighted by molar-refractivity contribution is 5.20. The first-order chi connectivity index (χ1) is 7.68. The van der Waals surface area contributed by atoms with Crippen LogP contribution in [0.1, 0.15) is 6.92 Å². The largest absolute Gasteiger partial charge is 0.491 e. The van der Waals surface area contributed by atoms with Crippen LogP contribution in [0.3, 0.4) is 0 Å². The number of nitrogens with two attached hydrogens (primary N) is 1. The molecule has 4 nitrogen and oxygen atoms in total. The highest BCUT2D eigenvalue weighted by atomic mass is 16.5. The van der Waals surface area contributed by atoms with Gasteiger partial charge in [0.2, 0.25) is 0 Å². The maximum atomic E-state index is 9.57. The van der Waals surface area contributed by atoms with Crippen LogP contribution in [0.2, 0.25) is 0 Å². The van der Waals surface area contributed by atoms with Gasteiger partial charge >= 0.3 is 0 Å². The topological polar surface area (TPSA) is 67.5 Å². The molecular formula is C12H18N2O2. The molecule has 0 aliphatic rings. The third kappa shape index (κ3) is 5.26. The summed E-state index contributed by atoms with van der Waals surface area (Å²) in [6, 6.07) is 9.40. The van der Waals surface area contributed by atoms with Gasteiger partial charge in [-0.1, -0.05) is 18.2 Å². The molecule has 4 N–H and O–H groups in total. The third-order valence-electron chi connectivity index (χ3n) is 1.87. The SMILES string of the molecule is CC(N)=CNCC(O)COc1ccccc1. The van der Waals surface area contributed by atoms with Crippen LogP contribution in [0.15, 0.2) is 42.2 Å². The number of benzene rings is 1. The first-order valence-corrected chi connectivity index (χ1v) is 5.20. The fourth-order valence-electron chi connectivity index (χ4n) is 1.12. The van der Waals surface area contributed by atoms with Gasteiger partial charge in [0.05, 0.1) is 0 Å². The summed E-state index contributed by atoms with van der Waals surface area (Å²) in [5, 5.41) is 12.5. The molecule has 1 atom stereocenters. The van der Waals surface area contributed by atoms with Crippen molar-refractivity contribution in [3.8, 4) is 5.75 Å². The maximum Gasteiger partial charge on any atom is 0.119 e. The Morgan fingerprint density at radius 2 is 2.19 bits per heavy atom. The van der Waals surface area contributed by atoms with Gasteiger partial charge in [-0.3, -0.25) is 0 Å². The van der Waals surface area contributed by atoms with E-state index in [0.29, 0.717) is 12.2 Å². The van der Waals surface area contributed by atoms with E-state index in [4.69, 9.17) is 10.5 Å². The molecule has 0 bridgehead atoms. The fourth-order valence-corrected chi connectivity index (χ4v) is 1.12. The van der Waals surface area contributed by atoms with Gasteiger partial charge in [-0.05, 0) is 19.1 Å². The lowest BCUT2D eigenvalue weighted by molar-refractivity contribution is 0.109. The molecule has 1 aromatic rings. The minimum Gasteiger partial charge on any atom is -0.491 e. The zero-order chi connectivity index (χ0) is 11.8. The summed E-state index contributed by atoms with van der Waals surface area (Å²) >= 11 is 0. The van der Waals surface area contributed by atoms with Gasteiger partial charge in [-0.15, -0.1) is 0 Å². The Kier molecular flexibility index (Phi) is 5.22. The van der Waals surface area contributed by atoms with Crippen molar-refractivity contribution in [2.75, 3.05) is 13.2 Å². The lowest BCUT2D eigenvalue weighted by atomic mass is 10.3. The van der Waals surface area contributed by atoms with Crippen molar-refractivity contribution in [2.45, 2.75) is 13.0 Å². The minimum atomic E-state index is -0.559. The molecule has 0 spiro atoms. The van der Waals surface area contributed by atoms with Gasteiger partial charge in [0, 0.05) is 18.4 Å². The first-order valence-electron chi connectivity index (χ1n) is 5.20. The molecule has 0 fully saturated rings. The van der Waals surface area contributed by atoms with Gasteiger partial charge in [-0.25, -0.2) is 0 Å². The number of aliphatic hydroxyl groups is 1. The number of hydrogen-bond acceptors (Lipinski definition) is 4. The van der Waals surface area contributed by atoms with Crippen molar-refractivity contribution in [3.05, 3.63) is 42.2 Å². The number of hydrogen-bond donors (Lipinski definition) is 3. The van der Waals surface area contributed by atoms with Crippen molar-refractivity contribution in [1.82, 2.24) is 5.32 Å². The van der Waals surface area contributed by atoms with Crippen LogP contribution >= 0.6 is 0 Å². The highest BCUT2D eigenvalue weighted by Crippen LogP contribution is 2.08. The van der Waals surface area contributed by atoms with Crippen LogP contribution in [-0.4, -0.2) is 24.4 Å². The zero-order valence-corrected chi connectivity index (χ0v) is 9.39. The lowest BCUT2D eigenvalue weighted by Gasteiger charge is -2.12. The van der Waals surface area contributed by atoms with Crippen LogP contribution < -0.4 is 15.8 Å². The van der Waals surface area contributed by atoms with E-state index in [2.05, 4.69) is 5.32 Å². The summed E-state index contributed by atoms with van der Waals surface area (Å²) in [4.78, 5) is 0. The molecule has 1 aromatic carbocycles. The van der Waals surface area contributed by atoms with E-state index in [1.807, 2.05) is 30.3 Å². The van der Waals surface area contributed by atoms with Crippen molar-refractivity contribution >= 4 is 0 Å². The quantitative estimate of drug-likeness (QED) is 0.667. The number of allylic oxidation sites excluding steroid dienone is 1. The average molecular weight is 222 g/mol. The molecule has 0 saturated heterocycles. The van der Waals surface area contributed by atoms with E-state index < -0.39 is 6.10 Å². The van der Waals surface area contributed by atoms with E-state index in [1.165, 1.54) is 0 Å². The monoisotopic (exact) mass is 222 g/mol. The molecule has 0 amide bonds. The van der Waals surface area contributed by atoms with Crippen molar-refractivity contribution in [1.29, 1.82) is 0 Å². The molecule has 1 rings (SSSR count). The fraction of sp³-hybridized carbons (Fsp3) is 0.333. The van der Waals surface area contributed by atoms with E-state index in [9.17, 15) is 5.11 Å². The summed E-state index contributed by atoms with van der Waals surface area (Å²) in [5.74, 6) is 0.757. The molecular weight excluding hydrogens is 204 g/mol. The van der Waals surface area contributed by atoms with Crippen molar-refractivity contribution < 1.29 is 9.84 Å². The number of nitrogens with one attached hydrogen (secondary N) is 1. The molecule has 16 heavy (non-hydrogen) atoms. The van der Waals surface area contributed by atoms with Crippen LogP contribution in [0, 0.1) is 0 Å². The van der Waals surface area contributed by atoms with Crippen LogP contribution in [-0.2, 0) is 0 Å². The zero-order valence-electron chi connectivity index (χ0n) is 9.39. The van der Waals surface area contributed by atoms with Crippen LogP contribution in [0.4, 0.5) is 0 Å². The first kappa shape index (κ1) is 12.4. The summed E-state index contributed by atoms with van der Waals surface area (Å²) < 4.78 is 5.38. The van der Waals surface area contributed by atoms with Crippen molar-refractivity contribution in [3.63, 3.8) is 0 Å². The minimum absolute atomic E-state index is 0.258. The van der Waals surface area contributed by atoms with Crippen molar-refractivity contribution in [2.24, 2.45) is 5.73 Å². The molecule has 1 unspecified atom stereocenters. The second-order valence-electron chi connectivity index (χ2n) is 3.57. The van der Waals surface area contributed by atoms with E-state index in [0.717, 1.165) is 5.75 Å². The molecule has 4 heteroatoms. The van der Waals surface area contributed by atoms with E-state index >= 15 is 0 Å². The van der Waals surface area contributed by atoms with Crippen LogP contribution in [0.25, 0.3) is 0 Å². The molecule has 0 aromatic heterocycles. The number of para-hydroxylation sites is 1. The molecule has 0 aliphatic heterocycles. The second-order valence-corrected chi connectivity index (χ2v) is 3.57. The molecule has 0 heterocycles. The molecule has 0 aliphatic carbocycles. The Morgan fingerprint density at radius 1 is 1.50 bits per heavy atom. The van der Waals surface area contributed by atoms with Gasteiger partial charge in [0.1, 0.15) is 18.5 Å². The van der Waals surface area contributed by atoms with Gasteiger partial charge < -0.3 is 20.9 Å². The predicted molar refractivity (Wildman–Crippen MR) is 63.9 cm³/mol. The summed E-state index contributed by atoms with van der Waals surface area (Å²) in [6.45, 7) is 2.45. The second kappa shape index (κ2) is 6.74. The van der Waals surface area contributed by atoms with Crippen LogP contribution in [0.5, 0.6) is 5.75 Å². The number of ether oxygens (including phenoxy) is 1. The smallest absolute Gasteiger partial charge is 0.119 e. The number of aliphatic hydroxyl groups excluding tert-OH is 1. The summed E-state index contributed by atoms with van der Waals surface area (Å²) in [5.41, 5.74) is 6.11. The third-order valence-corrected chi connectivity index (χ3v) is 1.87. The lowest BCUT2D eigenvalue weighted by Crippen LogP contribution is -2.29. The molecule has 88 valence electrons. The number of rotatable bonds is 6. The standard InChI is InChI=1S/C12H18N2O2/c1-10(13)7-14-8-11(15)9-16-12-5-3-2-4-6-12/h2-7,11,14-15H,8-9,13H2,1H3. The summed E-state index contributed by atoms with van der Waals surface area (Å²) in [7, 11) is 0. The van der Waals surface area contributed by atoms with E-state index in [1.54, 1.807) is 13.1 Å². The molecule has 0 radical (unpaired) electrons. The van der Waals surface area contributed by atoms with Gasteiger partial charge in [0.15, 0.2) is 0 Å². The summed E-state index contributed by atoms with van der Waals surface area (Å²) in [6.07, 6.45) is 1.10. The van der Waals surface area contributed by atoms with Gasteiger partial charge in [0.25, 0.3) is 0 Å². The van der Waals surface area contributed by atoms with E-state index in [-0.39, 0.29) is 6.61 Å². The Morgan fingerprint density at radius 3 is 2.81 bits per heavy atom. The normalized spacial score (nSPS) is 13.2.